The lowest BCUT2D eigenvalue weighted by Crippen LogP contribution is -2.47. The Balaban J connectivity index is 1.27. The van der Waals surface area contributed by atoms with E-state index in [4.69, 9.17) is 18.9 Å². The van der Waals surface area contributed by atoms with Gasteiger partial charge in [0.1, 0.15) is 18.5 Å². The van der Waals surface area contributed by atoms with E-state index in [0.29, 0.717) is 49.1 Å². The zero-order chi connectivity index (χ0) is 22.6. The molecule has 0 N–H and O–H groups in total. The van der Waals surface area contributed by atoms with Crippen molar-refractivity contribution in [1.29, 1.82) is 0 Å². The second-order valence-corrected chi connectivity index (χ2v) is 8.07. The number of hydrogen-bond donors (Lipinski definition) is 0. The van der Waals surface area contributed by atoms with E-state index in [1.807, 2.05) is 58.1 Å². The number of ether oxygens (including phenoxy) is 4. The zero-order valence-electron chi connectivity index (χ0n) is 18.6. The summed E-state index contributed by atoms with van der Waals surface area (Å²) in [7, 11) is 0. The van der Waals surface area contributed by atoms with Gasteiger partial charge in [0.05, 0.1) is 36.3 Å². The lowest BCUT2D eigenvalue weighted by Gasteiger charge is -2.33. The van der Waals surface area contributed by atoms with E-state index in [-0.39, 0.29) is 18.8 Å². The van der Waals surface area contributed by atoms with Gasteiger partial charge in [0.25, 0.3) is 5.91 Å². The standard InChI is InChI=1S/C25H27N3O5/c1-2-6-22-21(14-26-28(22)18-7-4-3-5-8-18)25(29)27-11-12-30-20(15-27)16-31-19-9-10-23-24(13-19)33-17-32-23/h3-5,7-10,13-14,20H,2,6,11-12,15-17H2,1H3. The van der Waals surface area contributed by atoms with Crippen LogP contribution < -0.4 is 14.2 Å². The molecule has 3 heterocycles. The number of carbonyl (C=O) groups is 1. The fourth-order valence-electron chi connectivity index (χ4n) is 4.15. The summed E-state index contributed by atoms with van der Waals surface area (Å²) in [6.45, 7) is 4.15. The molecule has 0 saturated carbocycles. The van der Waals surface area contributed by atoms with Crippen molar-refractivity contribution < 1.29 is 23.7 Å². The number of benzene rings is 2. The van der Waals surface area contributed by atoms with Gasteiger partial charge in [-0.25, -0.2) is 4.68 Å². The number of hydrogen-bond acceptors (Lipinski definition) is 6. The molecule has 172 valence electrons. The first-order valence-electron chi connectivity index (χ1n) is 11.3. The van der Waals surface area contributed by atoms with Crippen molar-refractivity contribution in [3.05, 3.63) is 66.0 Å². The Hall–Kier alpha value is -3.52. The van der Waals surface area contributed by atoms with Crippen LogP contribution in [0.2, 0.25) is 0 Å². The smallest absolute Gasteiger partial charge is 0.257 e. The number of fused-ring (bicyclic) bond motifs is 1. The summed E-state index contributed by atoms with van der Waals surface area (Å²) in [6.07, 6.45) is 3.17. The highest BCUT2D eigenvalue weighted by atomic mass is 16.7. The minimum Gasteiger partial charge on any atom is -0.491 e. The SMILES string of the molecule is CCCc1c(C(=O)N2CCOC(COc3ccc4c(c3)OCO4)C2)cnn1-c1ccccc1. The Morgan fingerprint density at radius 1 is 1.15 bits per heavy atom. The van der Waals surface area contributed by atoms with Crippen LogP contribution in [-0.4, -0.2) is 59.8 Å². The predicted molar refractivity (Wildman–Crippen MR) is 121 cm³/mol. The summed E-state index contributed by atoms with van der Waals surface area (Å²) in [5.41, 5.74) is 2.54. The van der Waals surface area contributed by atoms with Crippen LogP contribution in [0.15, 0.2) is 54.7 Å². The molecule has 2 aliphatic rings. The molecule has 3 aromatic rings. The monoisotopic (exact) mass is 449 g/mol. The van der Waals surface area contributed by atoms with Crippen LogP contribution in [0.5, 0.6) is 17.2 Å². The Kier molecular flexibility index (Phi) is 6.17. The van der Waals surface area contributed by atoms with Crippen molar-refractivity contribution in [2.24, 2.45) is 0 Å². The van der Waals surface area contributed by atoms with Crippen LogP contribution >= 0.6 is 0 Å². The average molecular weight is 450 g/mol. The van der Waals surface area contributed by atoms with Gasteiger partial charge in [0, 0.05) is 12.6 Å². The molecule has 1 fully saturated rings. The molecule has 1 amide bonds. The van der Waals surface area contributed by atoms with E-state index in [1.54, 1.807) is 6.20 Å². The summed E-state index contributed by atoms with van der Waals surface area (Å²) in [6, 6.07) is 15.4. The van der Waals surface area contributed by atoms with E-state index in [0.717, 1.165) is 24.2 Å². The van der Waals surface area contributed by atoms with Gasteiger partial charge in [-0.15, -0.1) is 0 Å². The van der Waals surface area contributed by atoms with Gasteiger partial charge in [0.15, 0.2) is 11.5 Å². The maximum Gasteiger partial charge on any atom is 0.257 e. The van der Waals surface area contributed by atoms with E-state index in [1.165, 1.54) is 0 Å². The quantitative estimate of drug-likeness (QED) is 0.550. The van der Waals surface area contributed by atoms with Crippen molar-refractivity contribution in [3.63, 3.8) is 0 Å². The number of rotatable bonds is 7. The van der Waals surface area contributed by atoms with Gasteiger partial charge in [-0.05, 0) is 30.7 Å². The van der Waals surface area contributed by atoms with Gasteiger partial charge in [0.2, 0.25) is 6.79 Å². The normalized spacial score (nSPS) is 17.2. The van der Waals surface area contributed by atoms with Gasteiger partial charge in [-0.2, -0.15) is 5.10 Å². The van der Waals surface area contributed by atoms with Gasteiger partial charge in [-0.1, -0.05) is 31.5 Å². The van der Waals surface area contributed by atoms with Crippen molar-refractivity contribution in [1.82, 2.24) is 14.7 Å². The van der Waals surface area contributed by atoms with Gasteiger partial charge >= 0.3 is 0 Å². The maximum absolute atomic E-state index is 13.4. The number of para-hydroxylation sites is 1. The first-order chi connectivity index (χ1) is 16.2. The van der Waals surface area contributed by atoms with Crippen LogP contribution in [0.4, 0.5) is 0 Å². The lowest BCUT2D eigenvalue weighted by atomic mass is 10.1. The summed E-state index contributed by atoms with van der Waals surface area (Å²) in [5.74, 6) is 2.05. The predicted octanol–water partition coefficient (Wildman–Crippen LogP) is 3.47. The summed E-state index contributed by atoms with van der Waals surface area (Å²) in [4.78, 5) is 15.3. The highest BCUT2D eigenvalue weighted by Crippen LogP contribution is 2.35. The molecular formula is C25H27N3O5. The summed E-state index contributed by atoms with van der Waals surface area (Å²) >= 11 is 0. The average Bonchev–Trinajstić information content (AvgIpc) is 3.50. The second kappa shape index (κ2) is 9.54. The third-order valence-electron chi connectivity index (χ3n) is 5.79. The number of morpholine rings is 1. The van der Waals surface area contributed by atoms with Crippen molar-refractivity contribution in [2.75, 3.05) is 33.1 Å². The maximum atomic E-state index is 13.4. The molecule has 8 nitrogen and oxygen atoms in total. The number of amides is 1. The van der Waals surface area contributed by atoms with Crippen LogP contribution in [0.1, 0.15) is 29.4 Å². The molecule has 1 aromatic heterocycles. The fraction of sp³-hybridized carbons (Fsp3) is 0.360. The minimum atomic E-state index is -0.216. The van der Waals surface area contributed by atoms with E-state index in [9.17, 15) is 4.79 Å². The molecule has 0 radical (unpaired) electrons. The molecule has 5 rings (SSSR count). The minimum absolute atomic E-state index is 0.0167. The molecule has 0 aliphatic carbocycles. The fourth-order valence-corrected chi connectivity index (χ4v) is 4.15. The third kappa shape index (κ3) is 4.52. The number of carbonyl (C=O) groups excluding carboxylic acids is 1. The first kappa shape index (κ1) is 21.3. The lowest BCUT2D eigenvalue weighted by molar-refractivity contribution is -0.0401. The zero-order valence-corrected chi connectivity index (χ0v) is 18.6. The molecule has 0 spiro atoms. The van der Waals surface area contributed by atoms with Crippen molar-refractivity contribution >= 4 is 5.91 Å². The Morgan fingerprint density at radius 2 is 2.00 bits per heavy atom. The summed E-state index contributed by atoms with van der Waals surface area (Å²) in [5, 5.41) is 4.54. The Morgan fingerprint density at radius 3 is 2.85 bits per heavy atom. The van der Waals surface area contributed by atoms with Crippen LogP contribution in [0.3, 0.4) is 0 Å². The van der Waals surface area contributed by atoms with Gasteiger partial charge in [-0.3, -0.25) is 4.79 Å². The molecule has 1 unspecified atom stereocenters. The molecule has 0 bridgehead atoms. The van der Waals surface area contributed by atoms with Crippen LogP contribution in [-0.2, 0) is 11.2 Å². The molecule has 1 atom stereocenters. The highest BCUT2D eigenvalue weighted by Gasteiger charge is 2.29. The largest absolute Gasteiger partial charge is 0.491 e. The summed E-state index contributed by atoms with van der Waals surface area (Å²) < 4.78 is 24.4. The third-order valence-corrected chi connectivity index (χ3v) is 5.79. The van der Waals surface area contributed by atoms with E-state index < -0.39 is 0 Å². The molecule has 8 heteroatoms. The molecule has 2 aromatic carbocycles. The molecule has 2 aliphatic heterocycles. The number of nitrogens with zero attached hydrogens (tertiary/aromatic N) is 3. The Bertz CT molecular complexity index is 1110. The molecular weight excluding hydrogens is 422 g/mol. The van der Waals surface area contributed by atoms with Crippen LogP contribution in [0.25, 0.3) is 5.69 Å². The van der Waals surface area contributed by atoms with E-state index >= 15 is 0 Å². The van der Waals surface area contributed by atoms with Crippen molar-refractivity contribution in [2.45, 2.75) is 25.9 Å². The van der Waals surface area contributed by atoms with E-state index in [2.05, 4.69) is 12.0 Å². The topological polar surface area (TPSA) is 75.1 Å². The highest BCUT2D eigenvalue weighted by molar-refractivity contribution is 5.95. The molecule has 1 saturated heterocycles. The van der Waals surface area contributed by atoms with Crippen molar-refractivity contribution in [3.8, 4) is 22.9 Å². The van der Waals surface area contributed by atoms with Crippen LogP contribution in [0, 0.1) is 0 Å². The first-order valence-corrected chi connectivity index (χ1v) is 11.3. The number of aromatic nitrogens is 2. The second-order valence-electron chi connectivity index (χ2n) is 8.07. The Labute approximate surface area is 192 Å². The molecule has 33 heavy (non-hydrogen) atoms. The van der Waals surface area contributed by atoms with Gasteiger partial charge < -0.3 is 23.8 Å².